The molecular formula is C18H19NO7S. The minimum Gasteiger partial charge on any atom is -0.486 e. The molecule has 1 aromatic rings. The highest BCUT2D eigenvalue weighted by Gasteiger charge is 2.27. The van der Waals surface area contributed by atoms with Crippen LogP contribution in [0.5, 0.6) is 11.5 Å². The van der Waals surface area contributed by atoms with E-state index in [0.717, 1.165) is 0 Å². The van der Waals surface area contributed by atoms with Crippen LogP contribution in [0.15, 0.2) is 29.3 Å². The molecule has 8 nitrogen and oxygen atoms in total. The molecule has 2 heterocycles. The topological polar surface area (TPSA) is 91.4 Å². The molecule has 0 aliphatic carbocycles. The molecule has 3 rings (SSSR count). The lowest BCUT2D eigenvalue weighted by molar-refractivity contribution is -0.137. The van der Waals surface area contributed by atoms with Crippen LogP contribution in [0.4, 0.5) is 0 Å². The third-order valence-electron chi connectivity index (χ3n) is 3.76. The second kappa shape index (κ2) is 8.81. The largest absolute Gasteiger partial charge is 0.486 e. The molecule has 27 heavy (non-hydrogen) atoms. The van der Waals surface area contributed by atoms with Crippen LogP contribution in [0, 0.1) is 0 Å². The summed E-state index contributed by atoms with van der Waals surface area (Å²) in [5.41, 5.74) is 0.337. The molecule has 2 aliphatic rings. The van der Waals surface area contributed by atoms with E-state index in [1.807, 2.05) is 0 Å². The van der Waals surface area contributed by atoms with Gasteiger partial charge in [0.05, 0.1) is 35.6 Å². The second-order valence-corrected chi connectivity index (χ2v) is 6.56. The maximum Gasteiger partial charge on any atom is 0.338 e. The van der Waals surface area contributed by atoms with Crippen molar-refractivity contribution in [1.29, 1.82) is 0 Å². The number of carbonyl (C=O) groups excluding carboxylic acids is 3. The number of rotatable bonds is 6. The monoisotopic (exact) mass is 393 g/mol. The van der Waals surface area contributed by atoms with Gasteiger partial charge in [-0.25, -0.2) is 9.59 Å². The molecule has 9 heteroatoms. The van der Waals surface area contributed by atoms with Crippen LogP contribution in [-0.2, 0) is 19.1 Å². The van der Waals surface area contributed by atoms with Crippen molar-refractivity contribution in [2.24, 2.45) is 0 Å². The number of hydrogen-bond acceptors (Lipinski definition) is 8. The molecule has 144 valence electrons. The zero-order valence-corrected chi connectivity index (χ0v) is 15.6. The lowest BCUT2D eigenvalue weighted by atomic mass is 10.2. The normalized spacial score (nSPS) is 17.1. The number of thioether (sulfide) groups is 1. The molecule has 0 bridgehead atoms. The van der Waals surface area contributed by atoms with Gasteiger partial charge in [-0.05, 0) is 25.1 Å². The molecule has 1 saturated heterocycles. The fourth-order valence-corrected chi connectivity index (χ4v) is 3.49. The van der Waals surface area contributed by atoms with Gasteiger partial charge >= 0.3 is 11.9 Å². The molecule has 0 saturated carbocycles. The van der Waals surface area contributed by atoms with Crippen LogP contribution in [-0.4, -0.2) is 61.5 Å². The Morgan fingerprint density at radius 3 is 2.78 bits per heavy atom. The van der Waals surface area contributed by atoms with E-state index in [-0.39, 0.29) is 31.4 Å². The summed E-state index contributed by atoms with van der Waals surface area (Å²) in [5, 5.41) is 0.494. The zero-order chi connectivity index (χ0) is 19.2. The Kier molecular flexibility index (Phi) is 6.23. The van der Waals surface area contributed by atoms with Gasteiger partial charge in [0.1, 0.15) is 19.8 Å². The SMILES string of the molecule is CCOC(=O)/C=C1\SCC(=O)N1CCOC(=O)c1ccc2c(c1)OCCO2. The minimum atomic E-state index is -0.526. The lowest BCUT2D eigenvalue weighted by Crippen LogP contribution is -2.29. The maximum atomic E-state index is 12.2. The van der Waals surface area contributed by atoms with Gasteiger partial charge in [0.15, 0.2) is 11.5 Å². The number of amides is 1. The third-order valence-corrected chi connectivity index (χ3v) is 4.79. The fraction of sp³-hybridized carbons (Fsp3) is 0.389. The first-order valence-electron chi connectivity index (χ1n) is 8.47. The molecule has 2 aliphatic heterocycles. The Morgan fingerprint density at radius 2 is 2.00 bits per heavy atom. The van der Waals surface area contributed by atoms with Crippen LogP contribution in [0.2, 0.25) is 0 Å². The van der Waals surface area contributed by atoms with Crippen molar-refractivity contribution < 1.29 is 33.3 Å². The number of carbonyl (C=O) groups is 3. The molecule has 1 fully saturated rings. The van der Waals surface area contributed by atoms with E-state index >= 15 is 0 Å². The summed E-state index contributed by atoms with van der Waals surface area (Å²) in [6.45, 7) is 3.02. The third kappa shape index (κ3) is 4.73. The first-order valence-corrected chi connectivity index (χ1v) is 9.45. The number of fused-ring (bicyclic) bond motifs is 1. The highest BCUT2D eigenvalue weighted by atomic mass is 32.2. The summed E-state index contributed by atoms with van der Waals surface area (Å²) in [4.78, 5) is 37.2. The fourth-order valence-electron chi connectivity index (χ4n) is 2.54. The van der Waals surface area contributed by atoms with Crippen LogP contribution >= 0.6 is 11.8 Å². The summed E-state index contributed by atoms with van der Waals surface area (Å²) in [7, 11) is 0. The van der Waals surface area contributed by atoms with Gasteiger partial charge in [-0.3, -0.25) is 4.79 Å². The molecule has 0 spiro atoms. The first kappa shape index (κ1) is 19.1. The molecule has 0 aromatic heterocycles. The quantitative estimate of drug-likeness (QED) is 0.532. The standard InChI is InChI=1S/C18H19NO7S/c1-2-23-17(21)10-16-19(15(20)11-27-16)5-6-26-18(22)12-3-4-13-14(9-12)25-8-7-24-13/h3-4,9-10H,2,5-8,11H2,1H3/b16-10-. The average molecular weight is 393 g/mol. The van der Waals surface area contributed by atoms with Gasteiger partial charge in [-0.1, -0.05) is 11.8 Å². The lowest BCUT2D eigenvalue weighted by Gasteiger charge is -2.19. The van der Waals surface area contributed by atoms with E-state index in [1.54, 1.807) is 25.1 Å². The number of benzene rings is 1. The number of hydrogen-bond donors (Lipinski definition) is 0. The van der Waals surface area contributed by atoms with Crippen molar-refractivity contribution in [2.45, 2.75) is 6.92 Å². The summed E-state index contributed by atoms with van der Waals surface area (Å²) < 4.78 is 21.0. The molecule has 0 radical (unpaired) electrons. The molecule has 1 aromatic carbocycles. The molecule has 1 amide bonds. The van der Waals surface area contributed by atoms with E-state index in [9.17, 15) is 14.4 Å². The van der Waals surface area contributed by atoms with Crippen LogP contribution in [0.1, 0.15) is 17.3 Å². The molecule has 0 N–H and O–H groups in total. The summed E-state index contributed by atoms with van der Waals surface area (Å²) in [6.07, 6.45) is 1.28. The number of ether oxygens (including phenoxy) is 4. The molecule has 0 unspecified atom stereocenters. The Bertz CT molecular complexity index is 777. The predicted molar refractivity (Wildman–Crippen MR) is 96.6 cm³/mol. The van der Waals surface area contributed by atoms with Gasteiger partial charge in [0.25, 0.3) is 0 Å². The highest BCUT2D eigenvalue weighted by Crippen LogP contribution is 2.31. The average Bonchev–Trinajstić information content (AvgIpc) is 3.01. The number of esters is 2. The molecular weight excluding hydrogens is 374 g/mol. The van der Waals surface area contributed by atoms with Gasteiger partial charge < -0.3 is 23.8 Å². The van der Waals surface area contributed by atoms with E-state index in [1.165, 1.54) is 22.7 Å². The van der Waals surface area contributed by atoms with Crippen molar-refractivity contribution in [2.75, 3.05) is 38.7 Å². The molecule has 0 atom stereocenters. The van der Waals surface area contributed by atoms with Crippen molar-refractivity contribution in [3.05, 3.63) is 34.9 Å². The van der Waals surface area contributed by atoms with E-state index < -0.39 is 11.9 Å². The maximum absolute atomic E-state index is 12.2. The van der Waals surface area contributed by atoms with Crippen LogP contribution in [0.25, 0.3) is 0 Å². The Labute approximate surface area is 160 Å². The highest BCUT2D eigenvalue weighted by molar-refractivity contribution is 8.04. The smallest absolute Gasteiger partial charge is 0.338 e. The van der Waals surface area contributed by atoms with E-state index in [4.69, 9.17) is 18.9 Å². The van der Waals surface area contributed by atoms with E-state index in [0.29, 0.717) is 35.3 Å². The van der Waals surface area contributed by atoms with Crippen LogP contribution < -0.4 is 9.47 Å². The van der Waals surface area contributed by atoms with Crippen molar-refractivity contribution in [3.63, 3.8) is 0 Å². The Hall–Kier alpha value is -2.68. The first-order chi connectivity index (χ1) is 13.1. The Balaban J connectivity index is 1.56. The number of nitrogens with zero attached hydrogens (tertiary/aromatic N) is 1. The summed E-state index contributed by atoms with van der Waals surface area (Å²) in [6, 6.07) is 4.82. The van der Waals surface area contributed by atoms with Crippen molar-refractivity contribution in [1.82, 2.24) is 4.90 Å². The Morgan fingerprint density at radius 1 is 1.22 bits per heavy atom. The zero-order valence-electron chi connectivity index (χ0n) is 14.8. The predicted octanol–water partition coefficient (Wildman–Crippen LogP) is 1.59. The van der Waals surface area contributed by atoms with Gasteiger partial charge in [-0.15, -0.1) is 0 Å². The summed E-state index contributed by atoms with van der Waals surface area (Å²) >= 11 is 1.25. The van der Waals surface area contributed by atoms with Crippen molar-refractivity contribution in [3.8, 4) is 11.5 Å². The van der Waals surface area contributed by atoms with E-state index in [2.05, 4.69) is 0 Å². The second-order valence-electron chi connectivity index (χ2n) is 5.56. The minimum absolute atomic E-state index is 0.000257. The van der Waals surface area contributed by atoms with Crippen molar-refractivity contribution >= 4 is 29.6 Å². The van der Waals surface area contributed by atoms with Gasteiger partial charge in [0.2, 0.25) is 5.91 Å². The van der Waals surface area contributed by atoms with Crippen LogP contribution in [0.3, 0.4) is 0 Å². The van der Waals surface area contributed by atoms with Gasteiger partial charge in [0, 0.05) is 0 Å². The van der Waals surface area contributed by atoms with Gasteiger partial charge in [-0.2, -0.15) is 0 Å². The summed E-state index contributed by atoms with van der Waals surface area (Å²) in [5.74, 6) is 0.148.